The monoisotopic (exact) mass is 285 g/mol. The molecule has 0 spiro atoms. The number of aryl methyl sites for hydroxylation is 1. The standard InChI is InChI=1S/C14H11ClF3N/c1-7-5-6-10(17)12(13(7)18)14(19)11-8(15)3-2-4-9(11)16/h2-6,14H,19H2,1H3. The Morgan fingerprint density at radius 3 is 2.26 bits per heavy atom. The van der Waals surface area contributed by atoms with Gasteiger partial charge < -0.3 is 5.73 Å². The topological polar surface area (TPSA) is 26.0 Å². The average molecular weight is 286 g/mol. The van der Waals surface area contributed by atoms with Crippen LogP contribution in [0.2, 0.25) is 5.02 Å². The van der Waals surface area contributed by atoms with E-state index >= 15 is 0 Å². The largest absolute Gasteiger partial charge is 0.320 e. The molecule has 0 aliphatic heterocycles. The molecule has 1 unspecified atom stereocenters. The second-order valence-electron chi connectivity index (χ2n) is 4.20. The van der Waals surface area contributed by atoms with Crippen LogP contribution in [0.4, 0.5) is 13.2 Å². The van der Waals surface area contributed by atoms with Gasteiger partial charge in [0.2, 0.25) is 0 Å². The minimum Gasteiger partial charge on any atom is -0.320 e. The Labute approximate surface area is 113 Å². The van der Waals surface area contributed by atoms with Gasteiger partial charge in [0.25, 0.3) is 0 Å². The molecule has 0 amide bonds. The van der Waals surface area contributed by atoms with E-state index in [0.29, 0.717) is 0 Å². The molecule has 0 aromatic heterocycles. The van der Waals surface area contributed by atoms with Crippen LogP contribution in [0.25, 0.3) is 0 Å². The van der Waals surface area contributed by atoms with Crippen molar-refractivity contribution in [1.82, 2.24) is 0 Å². The van der Waals surface area contributed by atoms with Crippen LogP contribution in [0, 0.1) is 24.4 Å². The highest BCUT2D eigenvalue weighted by Crippen LogP contribution is 2.32. The van der Waals surface area contributed by atoms with Crippen LogP contribution in [0.1, 0.15) is 22.7 Å². The molecule has 0 fully saturated rings. The average Bonchev–Trinajstić information content (AvgIpc) is 2.34. The third kappa shape index (κ3) is 2.46. The van der Waals surface area contributed by atoms with Gasteiger partial charge in [-0.3, -0.25) is 0 Å². The first-order valence-electron chi connectivity index (χ1n) is 5.57. The second-order valence-corrected chi connectivity index (χ2v) is 4.61. The maximum Gasteiger partial charge on any atom is 0.134 e. The molecule has 19 heavy (non-hydrogen) atoms. The summed E-state index contributed by atoms with van der Waals surface area (Å²) in [6.07, 6.45) is 0. The van der Waals surface area contributed by atoms with E-state index in [4.69, 9.17) is 17.3 Å². The molecule has 1 nitrogen and oxygen atoms in total. The number of benzene rings is 2. The highest BCUT2D eigenvalue weighted by Gasteiger charge is 2.24. The summed E-state index contributed by atoms with van der Waals surface area (Å²) in [6.45, 7) is 1.48. The van der Waals surface area contributed by atoms with E-state index in [-0.39, 0.29) is 21.7 Å². The number of rotatable bonds is 2. The highest BCUT2D eigenvalue weighted by atomic mass is 35.5. The SMILES string of the molecule is Cc1ccc(F)c(C(N)c2c(F)cccc2Cl)c1F. The first-order chi connectivity index (χ1) is 8.93. The molecular weight excluding hydrogens is 275 g/mol. The highest BCUT2D eigenvalue weighted by molar-refractivity contribution is 6.31. The van der Waals surface area contributed by atoms with Gasteiger partial charge in [-0.15, -0.1) is 0 Å². The Kier molecular flexibility index (Phi) is 3.83. The molecule has 0 saturated heterocycles. The van der Waals surface area contributed by atoms with Gasteiger partial charge in [-0.05, 0) is 30.7 Å². The third-order valence-electron chi connectivity index (χ3n) is 2.94. The summed E-state index contributed by atoms with van der Waals surface area (Å²) < 4.78 is 41.5. The fourth-order valence-electron chi connectivity index (χ4n) is 1.92. The first kappa shape index (κ1) is 13.9. The third-order valence-corrected chi connectivity index (χ3v) is 3.27. The van der Waals surface area contributed by atoms with Crippen LogP contribution >= 0.6 is 11.6 Å². The molecule has 0 heterocycles. The maximum atomic E-state index is 14.0. The summed E-state index contributed by atoms with van der Waals surface area (Å²) in [5, 5.41) is 0.0350. The predicted octanol–water partition coefficient (Wildman–Crippen LogP) is 4.11. The summed E-state index contributed by atoms with van der Waals surface area (Å²) in [5.41, 5.74) is 5.52. The molecule has 0 bridgehead atoms. The summed E-state index contributed by atoms with van der Waals surface area (Å²) in [6, 6.07) is 5.06. The van der Waals surface area contributed by atoms with E-state index in [0.717, 1.165) is 12.1 Å². The number of nitrogens with two attached hydrogens (primary N) is 1. The molecule has 0 radical (unpaired) electrons. The fraction of sp³-hybridized carbons (Fsp3) is 0.143. The van der Waals surface area contributed by atoms with Gasteiger partial charge in [-0.2, -0.15) is 0 Å². The van der Waals surface area contributed by atoms with Crippen molar-refractivity contribution in [3.63, 3.8) is 0 Å². The minimum atomic E-state index is -1.30. The van der Waals surface area contributed by atoms with E-state index in [1.54, 1.807) is 0 Å². The Bertz CT molecular complexity index is 608. The Morgan fingerprint density at radius 2 is 1.63 bits per heavy atom. The van der Waals surface area contributed by atoms with Crippen molar-refractivity contribution in [2.45, 2.75) is 13.0 Å². The Hall–Kier alpha value is -1.52. The summed E-state index contributed by atoms with van der Waals surface area (Å²) >= 11 is 5.85. The van der Waals surface area contributed by atoms with E-state index in [2.05, 4.69) is 0 Å². The van der Waals surface area contributed by atoms with Gasteiger partial charge in [0.1, 0.15) is 17.5 Å². The second kappa shape index (κ2) is 5.23. The van der Waals surface area contributed by atoms with E-state index in [1.807, 2.05) is 0 Å². The lowest BCUT2D eigenvalue weighted by molar-refractivity contribution is 0.528. The van der Waals surface area contributed by atoms with Crippen molar-refractivity contribution >= 4 is 11.6 Å². The molecule has 2 aromatic carbocycles. The van der Waals surface area contributed by atoms with Gasteiger partial charge in [0, 0.05) is 16.1 Å². The fourth-order valence-corrected chi connectivity index (χ4v) is 2.20. The predicted molar refractivity (Wildman–Crippen MR) is 68.5 cm³/mol. The van der Waals surface area contributed by atoms with Crippen molar-refractivity contribution < 1.29 is 13.2 Å². The smallest absolute Gasteiger partial charge is 0.134 e. The normalized spacial score (nSPS) is 12.5. The quantitative estimate of drug-likeness (QED) is 0.883. The van der Waals surface area contributed by atoms with Crippen molar-refractivity contribution in [2.24, 2.45) is 5.73 Å². The van der Waals surface area contributed by atoms with Crippen molar-refractivity contribution in [3.8, 4) is 0 Å². The van der Waals surface area contributed by atoms with Crippen molar-refractivity contribution in [3.05, 3.63) is 69.5 Å². The molecule has 2 aromatic rings. The molecule has 0 aliphatic carbocycles. The van der Waals surface area contributed by atoms with Gasteiger partial charge >= 0.3 is 0 Å². The number of hydrogen-bond acceptors (Lipinski definition) is 1. The van der Waals surface area contributed by atoms with Crippen LogP contribution in [0.5, 0.6) is 0 Å². The molecule has 1 atom stereocenters. The lowest BCUT2D eigenvalue weighted by Gasteiger charge is -2.17. The molecule has 0 aliphatic rings. The van der Waals surface area contributed by atoms with E-state index < -0.39 is 23.5 Å². The summed E-state index contributed by atoms with van der Waals surface area (Å²) in [7, 11) is 0. The minimum absolute atomic E-state index is 0.0350. The van der Waals surface area contributed by atoms with Gasteiger partial charge in [-0.1, -0.05) is 23.7 Å². The molecule has 100 valence electrons. The van der Waals surface area contributed by atoms with Crippen LogP contribution < -0.4 is 5.73 Å². The molecule has 2 rings (SSSR count). The van der Waals surface area contributed by atoms with Gasteiger partial charge in [-0.25, -0.2) is 13.2 Å². The van der Waals surface area contributed by atoms with E-state index in [1.165, 1.54) is 25.1 Å². The number of hydrogen-bond donors (Lipinski definition) is 1. The Balaban J connectivity index is 2.63. The van der Waals surface area contributed by atoms with Gasteiger partial charge in [0.15, 0.2) is 0 Å². The van der Waals surface area contributed by atoms with E-state index in [9.17, 15) is 13.2 Å². The van der Waals surface area contributed by atoms with Crippen LogP contribution in [-0.2, 0) is 0 Å². The van der Waals surface area contributed by atoms with Crippen molar-refractivity contribution in [2.75, 3.05) is 0 Å². The molecular formula is C14H11ClF3N. The van der Waals surface area contributed by atoms with Gasteiger partial charge in [0.05, 0.1) is 6.04 Å². The van der Waals surface area contributed by atoms with Crippen LogP contribution in [-0.4, -0.2) is 0 Å². The maximum absolute atomic E-state index is 14.0. The lowest BCUT2D eigenvalue weighted by Crippen LogP contribution is -2.18. The summed E-state index contributed by atoms with van der Waals surface area (Å²) in [4.78, 5) is 0. The van der Waals surface area contributed by atoms with Crippen LogP contribution in [0.15, 0.2) is 30.3 Å². The van der Waals surface area contributed by atoms with Crippen LogP contribution in [0.3, 0.4) is 0 Å². The van der Waals surface area contributed by atoms with Crippen molar-refractivity contribution in [1.29, 1.82) is 0 Å². The first-order valence-corrected chi connectivity index (χ1v) is 5.95. The zero-order chi connectivity index (χ0) is 14.2. The molecule has 0 saturated carbocycles. The Morgan fingerprint density at radius 1 is 1.00 bits per heavy atom. The summed E-state index contributed by atoms with van der Waals surface area (Å²) in [5.74, 6) is -2.30. The zero-order valence-electron chi connectivity index (χ0n) is 10.1. The molecule has 5 heteroatoms. The number of halogens is 4. The lowest BCUT2D eigenvalue weighted by atomic mass is 9.96. The zero-order valence-corrected chi connectivity index (χ0v) is 10.8. The molecule has 2 N–H and O–H groups in total.